The van der Waals surface area contributed by atoms with Crippen molar-refractivity contribution in [2.45, 2.75) is 19.0 Å². The zero-order valence-corrected chi connectivity index (χ0v) is 15.7. The molecule has 28 heavy (non-hydrogen) atoms. The number of alkyl halides is 3. The van der Waals surface area contributed by atoms with Crippen LogP contribution < -0.4 is 0 Å². The van der Waals surface area contributed by atoms with E-state index < -0.39 is 11.9 Å². The third-order valence-electron chi connectivity index (χ3n) is 4.70. The summed E-state index contributed by atoms with van der Waals surface area (Å²) < 4.78 is 47.3. The van der Waals surface area contributed by atoms with Crippen molar-refractivity contribution in [2.75, 3.05) is 26.3 Å². The van der Waals surface area contributed by atoms with Gasteiger partial charge in [0.2, 0.25) is 0 Å². The summed E-state index contributed by atoms with van der Waals surface area (Å²) in [6.45, 7) is 1.13. The number of halogens is 3. The molecule has 0 atom stereocenters. The van der Waals surface area contributed by atoms with E-state index in [4.69, 9.17) is 4.74 Å². The molecule has 0 unspecified atom stereocenters. The zero-order chi connectivity index (χ0) is 19.8. The quantitative estimate of drug-likeness (QED) is 0.609. The van der Waals surface area contributed by atoms with Crippen molar-refractivity contribution in [3.63, 3.8) is 0 Å². The first-order chi connectivity index (χ1) is 13.5. The Kier molecular flexibility index (Phi) is 6.93. The molecule has 1 saturated heterocycles. The van der Waals surface area contributed by atoms with Gasteiger partial charge in [-0.15, -0.1) is 0 Å². The molecule has 5 heteroatoms. The molecule has 3 rings (SSSR count). The molecule has 1 heterocycles. The number of allylic oxidation sites excluding steroid dienone is 3. The van der Waals surface area contributed by atoms with Gasteiger partial charge in [-0.1, -0.05) is 72.8 Å². The second-order valence-corrected chi connectivity index (χ2v) is 6.70. The van der Waals surface area contributed by atoms with Crippen molar-refractivity contribution in [1.82, 2.24) is 4.90 Å². The van der Waals surface area contributed by atoms with Gasteiger partial charge in [-0.25, -0.2) is 0 Å². The summed E-state index contributed by atoms with van der Waals surface area (Å²) in [6, 6.07) is 19.0. The number of aryl methyl sites for hydroxylation is 1. The number of benzene rings is 2. The van der Waals surface area contributed by atoms with Crippen LogP contribution in [0.3, 0.4) is 0 Å². The van der Waals surface area contributed by atoms with E-state index in [1.807, 2.05) is 60.7 Å². The Hall–Kier alpha value is -2.53. The number of nitrogens with zero attached hydrogens (tertiary/aromatic N) is 1. The second-order valence-electron chi connectivity index (χ2n) is 6.70. The molecule has 0 aliphatic carbocycles. The average Bonchev–Trinajstić information content (AvgIpc) is 2.71. The molecule has 0 amide bonds. The summed E-state index contributed by atoms with van der Waals surface area (Å²) in [7, 11) is 0. The zero-order valence-electron chi connectivity index (χ0n) is 15.7. The van der Waals surface area contributed by atoms with Crippen LogP contribution in [-0.2, 0) is 11.2 Å². The van der Waals surface area contributed by atoms with Crippen molar-refractivity contribution < 1.29 is 17.9 Å². The van der Waals surface area contributed by atoms with Crippen molar-refractivity contribution in [3.05, 3.63) is 89.1 Å². The van der Waals surface area contributed by atoms with Crippen LogP contribution in [0.1, 0.15) is 17.5 Å². The Morgan fingerprint density at radius 2 is 1.54 bits per heavy atom. The fourth-order valence-corrected chi connectivity index (χ4v) is 3.32. The smallest absolute Gasteiger partial charge is 0.378 e. The van der Waals surface area contributed by atoms with Crippen LogP contribution in [0.4, 0.5) is 13.2 Å². The Bertz CT molecular complexity index is 792. The molecule has 1 fully saturated rings. The maximum Gasteiger partial charge on any atom is 0.431 e. The standard InChI is InChI=1S/C23H24F3NO/c24-23(25,26)22(27-15-17-28-18-16-27)21(13-11-19-7-3-1-4-8-19)14-12-20-9-5-2-6-10-20/h1-11,13H,12,14-18H2/b13-11+,22-21+. The number of hydrogen-bond donors (Lipinski definition) is 0. The van der Waals surface area contributed by atoms with Crippen molar-refractivity contribution in [3.8, 4) is 0 Å². The minimum atomic E-state index is -4.41. The Morgan fingerprint density at radius 3 is 2.14 bits per heavy atom. The van der Waals surface area contributed by atoms with E-state index in [0.29, 0.717) is 31.6 Å². The van der Waals surface area contributed by atoms with Gasteiger partial charge >= 0.3 is 6.18 Å². The maximum absolute atomic E-state index is 14.0. The highest BCUT2D eigenvalue weighted by Gasteiger charge is 2.40. The topological polar surface area (TPSA) is 12.5 Å². The van der Waals surface area contributed by atoms with Gasteiger partial charge in [0.05, 0.1) is 13.2 Å². The Balaban J connectivity index is 1.95. The van der Waals surface area contributed by atoms with E-state index in [2.05, 4.69) is 0 Å². The van der Waals surface area contributed by atoms with Crippen LogP contribution in [0, 0.1) is 0 Å². The van der Waals surface area contributed by atoms with Crippen LogP contribution in [0.25, 0.3) is 6.08 Å². The second kappa shape index (κ2) is 9.60. The van der Waals surface area contributed by atoms with Gasteiger partial charge in [-0.3, -0.25) is 0 Å². The minimum absolute atomic E-state index is 0.253. The van der Waals surface area contributed by atoms with E-state index in [9.17, 15) is 13.2 Å². The predicted octanol–water partition coefficient (Wildman–Crippen LogP) is 5.48. The molecule has 0 saturated carbocycles. The number of morpholine rings is 1. The lowest BCUT2D eigenvalue weighted by Crippen LogP contribution is -2.41. The highest BCUT2D eigenvalue weighted by atomic mass is 19.4. The molecule has 148 valence electrons. The van der Waals surface area contributed by atoms with E-state index in [-0.39, 0.29) is 13.1 Å². The maximum atomic E-state index is 14.0. The van der Waals surface area contributed by atoms with Crippen molar-refractivity contribution >= 4 is 6.08 Å². The highest BCUT2D eigenvalue weighted by molar-refractivity contribution is 5.53. The SMILES string of the molecule is FC(F)(F)/C(=C(/C=C/c1ccccc1)CCc1ccccc1)N1CCOCC1. The van der Waals surface area contributed by atoms with E-state index >= 15 is 0 Å². The van der Waals surface area contributed by atoms with E-state index in [1.54, 1.807) is 12.2 Å². The van der Waals surface area contributed by atoms with Gasteiger partial charge in [0, 0.05) is 13.1 Å². The third kappa shape index (κ3) is 5.73. The molecule has 0 aromatic heterocycles. The van der Waals surface area contributed by atoms with Gasteiger partial charge in [0.25, 0.3) is 0 Å². The monoisotopic (exact) mass is 387 g/mol. The lowest BCUT2D eigenvalue weighted by molar-refractivity contribution is -0.119. The lowest BCUT2D eigenvalue weighted by atomic mass is 10.0. The molecule has 0 bridgehead atoms. The summed E-state index contributed by atoms with van der Waals surface area (Å²) in [5, 5.41) is 0. The first-order valence-electron chi connectivity index (χ1n) is 9.44. The first-order valence-corrected chi connectivity index (χ1v) is 9.44. The fraction of sp³-hybridized carbons (Fsp3) is 0.304. The summed E-state index contributed by atoms with van der Waals surface area (Å²) in [6.07, 6.45) is -0.160. The summed E-state index contributed by atoms with van der Waals surface area (Å²) in [5.41, 5.74) is 1.67. The van der Waals surface area contributed by atoms with Crippen molar-refractivity contribution in [1.29, 1.82) is 0 Å². The lowest BCUT2D eigenvalue weighted by Gasteiger charge is -2.33. The average molecular weight is 387 g/mol. The first kappa shape index (κ1) is 20.2. The van der Waals surface area contributed by atoms with Gasteiger partial charge in [0.1, 0.15) is 5.70 Å². The largest absolute Gasteiger partial charge is 0.431 e. The summed E-state index contributed by atoms with van der Waals surface area (Å²) >= 11 is 0. The van der Waals surface area contributed by atoms with E-state index in [1.165, 1.54) is 4.90 Å². The molecular weight excluding hydrogens is 363 g/mol. The highest BCUT2D eigenvalue weighted by Crippen LogP contribution is 2.34. The molecule has 2 aromatic rings. The van der Waals surface area contributed by atoms with Gasteiger partial charge in [-0.05, 0) is 29.5 Å². The van der Waals surface area contributed by atoms with Crippen LogP contribution >= 0.6 is 0 Å². The van der Waals surface area contributed by atoms with Crippen LogP contribution in [0.2, 0.25) is 0 Å². The predicted molar refractivity (Wildman–Crippen MR) is 106 cm³/mol. The third-order valence-corrected chi connectivity index (χ3v) is 4.70. The van der Waals surface area contributed by atoms with Crippen LogP contribution in [0.15, 0.2) is 78.0 Å². The molecule has 0 spiro atoms. The normalized spacial score (nSPS) is 16.3. The summed E-state index contributed by atoms with van der Waals surface area (Å²) in [4.78, 5) is 1.42. The fourth-order valence-electron chi connectivity index (χ4n) is 3.32. The molecule has 2 nitrogen and oxygen atoms in total. The number of ether oxygens (including phenoxy) is 1. The molecule has 0 N–H and O–H groups in total. The van der Waals surface area contributed by atoms with Gasteiger partial charge < -0.3 is 9.64 Å². The molecule has 0 radical (unpaired) electrons. The minimum Gasteiger partial charge on any atom is -0.378 e. The van der Waals surface area contributed by atoms with Crippen LogP contribution in [0.5, 0.6) is 0 Å². The van der Waals surface area contributed by atoms with E-state index in [0.717, 1.165) is 11.1 Å². The number of hydrogen-bond acceptors (Lipinski definition) is 2. The van der Waals surface area contributed by atoms with Gasteiger partial charge in [-0.2, -0.15) is 13.2 Å². The summed E-state index contributed by atoms with van der Waals surface area (Å²) in [5.74, 6) is 0. The Labute approximate surface area is 163 Å². The Morgan fingerprint density at radius 1 is 0.929 bits per heavy atom. The van der Waals surface area contributed by atoms with Crippen LogP contribution in [-0.4, -0.2) is 37.4 Å². The molecule has 1 aliphatic rings. The van der Waals surface area contributed by atoms with Crippen molar-refractivity contribution in [2.24, 2.45) is 0 Å². The molecule has 2 aromatic carbocycles. The number of rotatable bonds is 6. The molecule has 1 aliphatic heterocycles. The van der Waals surface area contributed by atoms with Gasteiger partial charge in [0.15, 0.2) is 0 Å². The molecular formula is C23H24F3NO.